The topological polar surface area (TPSA) is 53.0 Å². The van der Waals surface area contributed by atoms with Gasteiger partial charge in [0.2, 0.25) is 0 Å². The van der Waals surface area contributed by atoms with Gasteiger partial charge in [0.25, 0.3) is 0 Å². The van der Waals surface area contributed by atoms with Crippen LogP contribution in [0.15, 0.2) is 71.2 Å². The van der Waals surface area contributed by atoms with Gasteiger partial charge in [0.15, 0.2) is 0 Å². The van der Waals surface area contributed by atoms with Crippen LogP contribution in [0.25, 0.3) is 6.08 Å². The molecule has 0 unspecified atom stereocenters. The van der Waals surface area contributed by atoms with Crippen molar-refractivity contribution in [3.05, 3.63) is 69.8 Å². The Morgan fingerprint density at radius 3 is 2.16 bits per heavy atom. The summed E-state index contributed by atoms with van der Waals surface area (Å²) in [7, 11) is -0.185. The molecule has 2 aliphatic rings. The molecule has 5 rings (SSSR count). The molecule has 0 atom stereocenters. The summed E-state index contributed by atoms with van der Waals surface area (Å²) in [4.78, 5) is 32.7. The summed E-state index contributed by atoms with van der Waals surface area (Å²) in [6.07, 6.45) is 1.74. The van der Waals surface area contributed by atoms with Crippen LogP contribution in [0.4, 0.5) is 15.1 Å². The van der Waals surface area contributed by atoms with Crippen molar-refractivity contribution in [3.8, 4) is 0 Å². The van der Waals surface area contributed by atoms with E-state index >= 15 is 0 Å². The van der Waals surface area contributed by atoms with Crippen molar-refractivity contribution >= 4 is 92.6 Å². The van der Waals surface area contributed by atoms with E-state index in [2.05, 4.69) is 93.6 Å². The number of nitrogens with zero attached hydrogens (tertiary/aromatic N) is 3. The fraction of sp³-hybridized carbons (Fsp3) is 0.125. The molecule has 159 valence electrons. The molecular formula is C24H20N3O2SeSiTe. The predicted molar refractivity (Wildman–Crippen MR) is 134 cm³/mol. The summed E-state index contributed by atoms with van der Waals surface area (Å²) >= 11 is 1.86. The van der Waals surface area contributed by atoms with Gasteiger partial charge in [0, 0.05) is 0 Å². The van der Waals surface area contributed by atoms with Gasteiger partial charge in [-0.3, -0.25) is 0 Å². The molecule has 3 aromatic rings. The SMILES string of the molecule is CN1C(=O)/C(=C/c2ccc(N3c4ccccc4[Si](C)(C)c4ccccc43)[te]2)C(=O)N=C1[Se]. The number of hydrogen-bond acceptors (Lipinski definition) is 3. The van der Waals surface area contributed by atoms with Gasteiger partial charge in [-0.2, -0.15) is 0 Å². The Hall–Kier alpha value is -2.20. The summed E-state index contributed by atoms with van der Waals surface area (Å²) in [5, 5.41) is 2.86. The summed E-state index contributed by atoms with van der Waals surface area (Å²) in [6.45, 7) is 4.82. The summed E-state index contributed by atoms with van der Waals surface area (Å²) in [5.41, 5.74) is 2.63. The van der Waals surface area contributed by atoms with E-state index in [-0.39, 0.29) is 11.5 Å². The Bertz CT molecular complexity index is 1290. The predicted octanol–water partition coefficient (Wildman–Crippen LogP) is 2.26. The number of likely N-dealkylation sites (N-methyl/N-ethyl adjacent to an activating group) is 1. The monoisotopic (exact) mass is 620 g/mol. The van der Waals surface area contributed by atoms with Crippen LogP contribution in [0.1, 0.15) is 3.58 Å². The van der Waals surface area contributed by atoms with Crippen LogP contribution in [-0.2, 0) is 9.59 Å². The minimum atomic E-state index is -1.81. The van der Waals surface area contributed by atoms with Gasteiger partial charge in [-0.1, -0.05) is 0 Å². The minimum absolute atomic E-state index is 0.130. The number of carbonyl (C=O) groups is 2. The van der Waals surface area contributed by atoms with E-state index in [0.717, 1.165) is 3.58 Å². The van der Waals surface area contributed by atoms with Crippen molar-refractivity contribution < 1.29 is 9.59 Å². The molecule has 0 saturated heterocycles. The summed E-state index contributed by atoms with van der Waals surface area (Å²) < 4.78 is 2.61. The van der Waals surface area contributed by atoms with Crippen molar-refractivity contribution in [1.82, 2.24) is 4.90 Å². The number of benzene rings is 2. The van der Waals surface area contributed by atoms with Crippen molar-refractivity contribution in [2.45, 2.75) is 13.1 Å². The van der Waals surface area contributed by atoms with Crippen LogP contribution in [-0.4, -0.2) is 73.0 Å². The molecule has 0 bridgehead atoms. The number of amides is 2. The first kappa shape index (κ1) is 21.6. The molecular weight excluding hydrogens is 597 g/mol. The molecule has 32 heavy (non-hydrogen) atoms. The number of hydrogen-bond donors (Lipinski definition) is 0. The molecule has 0 spiro atoms. The second-order valence-corrected chi connectivity index (χ2v) is 16.5. The van der Waals surface area contributed by atoms with Gasteiger partial charge >= 0.3 is 207 Å². The van der Waals surface area contributed by atoms with E-state index in [1.165, 1.54) is 30.4 Å². The molecule has 8 heteroatoms. The molecule has 2 aromatic carbocycles. The molecule has 2 amide bonds. The zero-order chi connectivity index (χ0) is 22.6. The molecule has 2 aliphatic heterocycles. The zero-order valence-electron chi connectivity index (χ0n) is 17.8. The van der Waals surface area contributed by atoms with Crippen molar-refractivity contribution in [1.29, 1.82) is 0 Å². The molecule has 3 heterocycles. The van der Waals surface area contributed by atoms with E-state index in [0.29, 0.717) is 4.73 Å². The first-order valence-electron chi connectivity index (χ1n) is 10.2. The van der Waals surface area contributed by atoms with Gasteiger partial charge < -0.3 is 0 Å². The quantitative estimate of drug-likeness (QED) is 0.252. The number of aliphatic imine (C=N–C) groups is 1. The van der Waals surface area contributed by atoms with Crippen LogP contribution in [0.5, 0.6) is 0 Å². The fourth-order valence-corrected chi connectivity index (χ4v) is 10.4. The van der Waals surface area contributed by atoms with Crippen LogP contribution in [0, 0.1) is 0 Å². The average molecular weight is 617 g/mol. The van der Waals surface area contributed by atoms with Crippen LogP contribution in [0.3, 0.4) is 0 Å². The van der Waals surface area contributed by atoms with Gasteiger partial charge in [-0.25, -0.2) is 0 Å². The second kappa shape index (κ2) is 7.98. The number of carbonyl (C=O) groups excluding carboxylic acids is 2. The van der Waals surface area contributed by atoms with Crippen LogP contribution >= 0.6 is 0 Å². The van der Waals surface area contributed by atoms with E-state index in [4.69, 9.17) is 0 Å². The molecule has 0 saturated carbocycles. The second-order valence-electron chi connectivity index (χ2n) is 8.29. The zero-order valence-corrected chi connectivity index (χ0v) is 22.9. The van der Waals surface area contributed by atoms with Crippen LogP contribution in [0.2, 0.25) is 13.1 Å². The Morgan fingerprint density at radius 2 is 1.53 bits per heavy atom. The molecule has 1 aromatic heterocycles. The van der Waals surface area contributed by atoms with Crippen molar-refractivity contribution in [2.24, 2.45) is 4.99 Å². The van der Waals surface area contributed by atoms with Crippen LogP contribution < -0.4 is 15.3 Å². The molecule has 1 radical (unpaired) electrons. The number of para-hydroxylation sites is 2. The van der Waals surface area contributed by atoms with Gasteiger partial charge in [-0.15, -0.1) is 0 Å². The molecule has 0 fully saturated rings. The summed E-state index contributed by atoms with van der Waals surface area (Å²) in [5.74, 6) is -0.799. The van der Waals surface area contributed by atoms with Gasteiger partial charge in [0.1, 0.15) is 0 Å². The van der Waals surface area contributed by atoms with E-state index < -0.39 is 34.4 Å². The Labute approximate surface area is 205 Å². The van der Waals surface area contributed by atoms with Gasteiger partial charge in [-0.05, 0) is 0 Å². The van der Waals surface area contributed by atoms with Crippen molar-refractivity contribution in [3.63, 3.8) is 0 Å². The molecule has 0 aliphatic carbocycles. The van der Waals surface area contributed by atoms with E-state index in [1.54, 1.807) is 13.1 Å². The third-order valence-electron chi connectivity index (χ3n) is 6.01. The van der Waals surface area contributed by atoms with E-state index in [9.17, 15) is 9.59 Å². The third-order valence-corrected chi connectivity index (χ3v) is 13.2. The fourth-order valence-electron chi connectivity index (χ4n) is 4.29. The maximum absolute atomic E-state index is 12.6. The first-order chi connectivity index (χ1) is 15.3. The summed E-state index contributed by atoms with van der Waals surface area (Å²) in [6, 6.07) is 21.6. The third kappa shape index (κ3) is 3.38. The van der Waals surface area contributed by atoms with Crippen molar-refractivity contribution in [2.75, 3.05) is 11.9 Å². The number of rotatable bonds is 2. The first-order valence-corrected chi connectivity index (χ1v) is 16.4. The Balaban J connectivity index is 1.61. The van der Waals surface area contributed by atoms with Gasteiger partial charge in [0.05, 0.1) is 0 Å². The number of anilines is 3. The Kier molecular flexibility index (Phi) is 5.40. The number of fused-ring (bicyclic) bond motifs is 2. The number of amidine groups is 1. The normalized spacial score (nSPS) is 18.5. The maximum atomic E-state index is 12.6. The average Bonchev–Trinajstić information content (AvgIpc) is 3.24. The Morgan fingerprint density at radius 1 is 0.938 bits per heavy atom. The molecule has 0 N–H and O–H groups in total. The molecule has 5 nitrogen and oxygen atoms in total. The standard InChI is InChI=1S/C24H20N3O2SeSiTe/c1-26-23(29)16(22(28)25-24(26)30)14-15-12-13-21(32-15)27-17-8-4-6-10-19(17)31(2,3)20-11-7-5-9-18(20)27/h4-14H,1-3H3/b16-14+. The van der Waals surface area contributed by atoms with E-state index in [1.807, 2.05) is 6.07 Å².